The van der Waals surface area contributed by atoms with E-state index < -0.39 is 15.9 Å². The molecule has 0 bridgehead atoms. The number of hydrogen-bond acceptors (Lipinski definition) is 4. The average Bonchev–Trinajstić information content (AvgIpc) is 2.74. The lowest BCUT2D eigenvalue weighted by atomic mass is 10.2. The predicted octanol–water partition coefficient (Wildman–Crippen LogP) is 5.76. The molecule has 0 aliphatic heterocycles. The van der Waals surface area contributed by atoms with E-state index >= 15 is 0 Å². The van der Waals surface area contributed by atoms with Crippen LogP contribution >= 0.6 is 23.2 Å². The first-order chi connectivity index (χ1) is 15.2. The number of halogens is 2. The van der Waals surface area contributed by atoms with E-state index in [9.17, 15) is 13.2 Å². The van der Waals surface area contributed by atoms with E-state index in [0.717, 1.165) is 0 Å². The molecule has 3 rings (SSSR count). The van der Waals surface area contributed by atoms with Gasteiger partial charge in [-0.15, -0.1) is 0 Å². The summed E-state index contributed by atoms with van der Waals surface area (Å²) in [7, 11) is -2.35. The van der Waals surface area contributed by atoms with Gasteiger partial charge < -0.3 is 10.1 Å². The van der Waals surface area contributed by atoms with Gasteiger partial charge in [-0.3, -0.25) is 9.52 Å². The number of hydrogen-bond donors (Lipinski definition) is 2. The molecule has 1 amide bonds. The summed E-state index contributed by atoms with van der Waals surface area (Å²) < 4.78 is 33.4. The SMILES string of the molecule is COc1ccc(NS(=O)(=O)c2cc(NC(=O)C=Cc3ccc(Cl)cc3Cl)ccc2C)cc1. The molecule has 0 atom stereocenters. The molecule has 3 aromatic carbocycles. The minimum Gasteiger partial charge on any atom is -0.497 e. The first-order valence-electron chi connectivity index (χ1n) is 9.39. The molecule has 0 heterocycles. The number of carbonyl (C=O) groups excluding carboxylic acids is 1. The van der Waals surface area contributed by atoms with Crippen molar-refractivity contribution in [1.82, 2.24) is 0 Å². The lowest BCUT2D eigenvalue weighted by Gasteiger charge is -2.12. The lowest BCUT2D eigenvalue weighted by molar-refractivity contribution is -0.111. The number of sulfonamides is 1. The second-order valence-corrected chi connectivity index (χ2v) is 9.30. The molecule has 32 heavy (non-hydrogen) atoms. The van der Waals surface area contributed by atoms with Crippen LogP contribution in [0.4, 0.5) is 11.4 Å². The van der Waals surface area contributed by atoms with Crippen LogP contribution in [0.5, 0.6) is 5.75 Å². The maximum Gasteiger partial charge on any atom is 0.262 e. The quantitative estimate of drug-likeness (QED) is 0.412. The van der Waals surface area contributed by atoms with Crippen molar-refractivity contribution in [3.8, 4) is 5.75 Å². The van der Waals surface area contributed by atoms with Gasteiger partial charge in [-0.2, -0.15) is 0 Å². The van der Waals surface area contributed by atoms with Crippen molar-refractivity contribution in [2.75, 3.05) is 17.1 Å². The molecule has 0 unspecified atom stereocenters. The third-order valence-corrected chi connectivity index (χ3v) is 6.55. The molecule has 0 spiro atoms. The van der Waals surface area contributed by atoms with Gasteiger partial charge in [0.15, 0.2) is 0 Å². The summed E-state index contributed by atoms with van der Waals surface area (Å²) in [5.41, 5.74) is 1.89. The normalized spacial score (nSPS) is 11.4. The number of carbonyl (C=O) groups is 1. The third-order valence-electron chi connectivity index (χ3n) is 4.46. The van der Waals surface area contributed by atoms with E-state index in [4.69, 9.17) is 27.9 Å². The smallest absolute Gasteiger partial charge is 0.262 e. The summed E-state index contributed by atoms with van der Waals surface area (Å²) >= 11 is 12.0. The second kappa shape index (κ2) is 10.1. The maximum atomic E-state index is 12.9. The largest absolute Gasteiger partial charge is 0.497 e. The fourth-order valence-electron chi connectivity index (χ4n) is 2.82. The summed E-state index contributed by atoms with van der Waals surface area (Å²) in [6, 6.07) is 16.1. The van der Waals surface area contributed by atoms with Crippen molar-refractivity contribution in [2.24, 2.45) is 0 Å². The third kappa shape index (κ3) is 6.03. The number of ether oxygens (including phenoxy) is 1. The summed E-state index contributed by atoms with van der Waals surface area (Å²) in [5.74, 6) is 0.174. The molecule has 0 radical (unpaired) electrons. The highest BCUT2D eigenvalue weighted by Gasteiger charge is 2.18. The van der Waals surface area contributed by atoms with Crippen molar-refractivity contribution in [3.63, 3.8) is 0 Å². The molecule has 0 aromatic heterocycles. The summed E-state index contributed by atoms with van der Waals surface area (Å²) in [6.07, 6.45) is 2.85. The topological polar surface area (TPSA) is 84.5 Å². The van der Waals surface area contributed by atoms with Crippen LogP contribution in [0.1, 0.15) is 11.1 Å². The molecule has 6 nitrogen and oxygen atoms in total. The number of anilines is 2. The van der Waals surface area contributed by atoms with E-state index in [-0.39, 0.29) is 4.90 Å². The molecule has 9 heteroatoms. The van der Waals surface area contributed by atoms with Gasteiger partial charge in [0.1, 0.15) is 5.75 Å². The van der Waals surface area contributed by atoms with Gasteiger partial charge in [-0.25, -0.2) is 8.42 Å². The zero-order chi connectivity index (χ0) is 23.3. The fraction of sp³-hybridized carbons (Fsp3) is 0.0870. The van der Waals surface area contributed by atoms with Gasteiger partial charge in [0.25, 0.3) is 10.0 Å². The predicted molar refractivity (Wildman–Crippen MR) is 129 cm³/mol. The van der Waals surface area contributed by atoms with Crippen LogP contribution in [0.15, 0.2) is 71.6 Å². The Morgan fingerprint density at radius 3 is 2.31 bits per heavy atom. The average molecular weight is 491 g/mol. The Hall–Kier alpha value is -3.00. The highest BCUT2D eigenvalue weighted by atomic mass is 35.5. The van der Waals surface area contributed by atoms with Crippen LogP contribution in [0, 0.1) is 6.92 Å². The highest BCUT2D eigenvalue weighted by Crippen LogP contribution is 2.25. The van der Waals surface area contributed by atoms with E-state index in [1.54, 1.807) is 67.6 Å². The van der Waals surface area contributed by atoms with Crippen molar-refractivity contribution in [3.05, 3.63) is 87.9 Å². The van der Waals surface area contributed by atoms with Gasteiger partial charge in [-0.05, 0) is 72.7 Å². The minimum absolute atomic E-state index is 0.0517. The van der Waals surface area contributed by atoms with E-state index in [1.165, 1.54) is 19.3 Å². The van der Waals surface area contributed by atoms with Gasteiger partial charge in [0, 0.05) is 27.5 Å². The fourth-order valence-corrected chi connectivity index (χ4v) is 4.62. The monoisotopic (exact) mass is 490 g/mol. The van der Waals surface area contributed by atoms with Crippen LogP contribution in [-0.2, 0) is 14.8 Å². The first-order valence-corrected chi connectivity index (χ1v) is 11.6. The zero-order valence-electron chi connectivity index (χ0n) is 17.2. The molecule has 0 saturated heterocycles. The Bertz CT molecular complexity index is 1270. The van der Waals surface area contributed by atoms with Crippen molar-refractivity contribution >= 4 is 56.6 Å². The van der Waals surface area contributed by atoms with Crippen LogP contribution in [0.2, 0.25) is 10.0 Å². The number of methoxy groups -OCH3 is 1. The Balaban J connectivity index is 1.76. The van der Waals surface area contributed by atoms with Crippen molar-refractivity contribution in [1.29, 1.82) is 0 Å². The highest BCUT2D eigenvalue weighted by molar-refractivity contribution is 7.92. The number of rotatable bonds is 7. The molecule has 0 aliphatic rings. The molecule has 0 fully saturated rings. The van der Waals surface area contributed by atoms with Gasteiger partial charge >= 0.3 is 0 Å². The van der Waals surface area contributed by atoms with Crippen molar-refractivity contribution in [2.45, 2.75) is 11.8 Å². The van der Waals surface area contributed by atoms with E-state index in [1.807, 2.05) is 0 Å². The van der Waals surface area contributed by atoms with Gasteiger partial charge in [0.2, 0.25) is 5.91 Å². The molecule has 0 aliphatic carbocycles. The van der Waals surface area contributed by atoms with Crippen LogP contribution in [-0.4, -0.2) is 21.4 Å². The molecular weight excluding hydrogens is 471 g/mol. The van der Waals surface area contributed by atoms with Gasteiger partial charge in [0.05, 0.1) is 12.0 Å². The summed E-state index contributed by atoms with van der Waals surface area (Å²) in [5, 5.41) is 3.56. The second-order valence-electron chi connectivity index (χ2n) is 6.80. The maximum absolute atomic E-state index is 12.9. The molecule has 166 valence electrons. The Labute approximate surface area is 196 Å². The van der Waals surface area contributed by atoms with E-state index in [2.05, 4.69) is 10.0 Å². The molecular formula is C23H20Cl2N2O4S. The summed E-state index contributed by atoms with van der Waals surface area (Å²) in [6.45, 7) is 1.68. The first kappa shape index (κ1) is 23.7. The molecule has 3 aromatic rings. The standard InChI is InChI=1S/C23H20Cl2N2O4S/c1-15-3-7-19(26-23(28)12-5-16-4-6-17(24)13-21(16)25)14-22(15)32(29,30)27-18-8-10-20(31-2)11-9-18/h3-14,27H,1-2H3,(H,26,28). The Kier molecular flexibility index (Phi) is 7.45. The number of benzene rings is 3. The van der Waals surface area contributed by atoms with Crippen LogP contribution in [0.3, 0.4) is 0 Å². The Morgan fingerprint density at radius 2 is 1.66 bits per heavy atom. The summed E-state index contributed by atoms with van der Waals surface area (Å²) in [4.78, 5) is 12.4. The number of nitrogens with one attached hydrogen (secondary N) is 2. The molecule has 0 saturated carbocycles. The minimum atomic E-state index is -3.88. The number of aryl methyl sites for hydroxylation is 1. The van der Waals surface area contributed by atoms with Crippen LogP contribution in [0.25, 0.3) is 6.08 Å². The number of amides is 1. The Morgan fingerprint density at radius 1 is 0.969 bits per heavy atom. The zero-order valence-corrected chi connectivity index (χ0v) is 19.6. The molecule has 2 N–H and O–H groups in total. The van der Waals surface area contributed by atoms with Crippen LogP contribution < -0.4 is 14.8 Å². The lowest BCUT2D eigenvalue weighted by Crippen LogP contribution is -2.15. The van der Waals surface area contributed by atoms with Gasteiger partial charge in [-0.1, -0.05) is 35.3 Å². The van der Waals surface area contributed by atoms with E-state index in [0.29, 0.717) is 38.3 Å². The van der Waals surface area contributed by atoms with Crippen molar-refractivity contribution < 1.29 is 17.9 Å².